The molecule has 0 spiro atoms. The first-order valence-electron chi connectivity index (χ1n) is 11.0. The number of fused-ring (bicyclic) bond motifs is 2. The van der Waals surface area contributed by atoms with Crippen molar-refractivity contribution in [2.24, 2.45) is 7.05 Å². The Morgan fingerprint density at radius 1 is 1.15 bits per heavy atom. The average Bonchev–Trinajstić information content (AvgIpc) is 3.22. The molecule has 172 valence electrons. The predicted octanol–water partition coefficient (Wildman–Crippen LogP) is 3.02. The van der Waals surface area contributed by atoms with Gasteiger partial charge in [-0.2, -0.15) is 0 Å². The van der Waals surface area contributed by atoms with Gasteiger partial charge in [0.15, 0.2) is 5.82 Å². The molecule has 2 aliphatic heterocycles. The lowest BCUT2D eigenvalue weighted by molar-refractivity contribution is 0.176. The number of hydrogen-bond donors (Lipinski definition) is 2. The lowest BCUT2D eigenvalue weighted by atomic mass is 9.96. The fourth-order valence-electron chi connectivity index (χ4n) is 4.88. The topological polar surface area (TPSA) is 83.3 Å². The van der Waals surface area contributed by atoms with Crippen molar-refractivity contribution in [3.8, 4) is 28.1 Å². The van der Waals surface area contributed by atoms with Crippen molar-refractivity contribution in [2.45, 2.75) is 43.6 Å². The van der Waals surface area contributed by atoms with E-state index >= 15 is 0 Å². The van der Waals surface area contributed by atoms with Gasteiger partial charge in [-0.05, 0) is 55.2 Å². The molecule has 2 fully saturated rings. The summed E-state index contributed by atoms with van der Waals surface area (Å²) < 4.78 is 31.2. The molecular formula is C24H25F2N5O2. The van der Waals surface area contributed by atoms with E-state index in [-0.39, 0.29) is 34.5 Å². The van der Waals surface area contributed by atoms with Gasteiger partial charge in [0.2, 0.25) is 0 Å². The van der Waals surface area contributed by atoms with Gasteiger partial charge in [-0.25, -0.2) is 8.78 Å². The number of aromatic nitrogens is 3. The second kappa shape index (κ2) is 8.22. The minimum atomic E-state index is -0.990. The van der Waals surface area contributed by atoms with Crippen LogP contribution < -0.4 is 15.8 Å². The molecule has 1 aromatic carbocycles. The maximum absolute atomic E-state index is 14.9. The first kappa shape index (κ1) is 21.5. The summed E-state index contributed by atoms with van der Waals surface area (Å²) in [6, 6.07) is 8.63. The summed E-state index contributed by atoms with van der Waals surface area (Å²) in [5, 5.41) is 22.3. The minimum Gasteiger partial charge on any atom is -0.507 e. The van der Waals surface area contributed by atoms with E-state index in [1.807, 2.05) is 11.9 Å². The van der Waals surface area contributed by atoms with Gasteiger partial charge >= 0.3 is 0 Å². The summed E-state index contributed by atoms with van der Waals surface area (Å²) in [5.74, 6) is -0.254. The molecule has 5 rings (SSSR count). The molecule has 0 amide bonds. The van der Waals surface area contributed by atoms with E-state index in [4.69, 9.17) is 0 Å². The Bertz CT molecular complexity index is 1250. The molecule has 0 saturated carbocycles. The smallest absolute Gasteiger partial charge is 0.250 e. The maximum Gasteiger partial charge on any atom is 0.250 e. The number of nitrogens with one attached hydrogen (secondary N) is 1. The number of nitrogens with zero attached hydrogens (tertiary/aromatic N) is 4. The van der Waals surface area contributed by atoms with E-state index in [1.165, 1.54) is 22.8 Å². The van der Waals surface area contributed by atoms with Gasteiger partial charge in [-0.3, -0.25) is 4.79 Å². The normalized spacial score (nSPS) is 24.1. The Kier molecular flexibility index (Phi) is 5.36. The summed E-state index contributed by atoms with van der Waals surface area (Å²) in [6.45, 7) is 0. The van der Waals surface area contributed by atoms with E-state index in [0.717, 1.165) is 12.8 Å². The van der Waals surface area contributed by atoms with Crippen LogP contribution in [-0.4, -0.2) is 51.2 Å². The molecule has 33 heavy (non-hydrogen) atoms. The number of benzene rings is 1. The van der Waals surface area contributed by atoms with Crippen LogP contribution in [0, 0.1) is 5.82 Å². The van der Waals surface area contributed by atoms with Gasteiger partial charge in [0, 0.05) is 49.6 Å². The highest BCUT2D eigenvalue weighted by Crippen LogP contribution is 2.36. The van der Waals surface area contributed by atoms with Crippen molar-refractivity contribution < 1.29 is 13.9 Å². The average molecular weight is 453 g/mol. The van der Waals surface area contributed by atoms with E-state index in [0.29, 0.717) is 29.5 Å². The second-order valence-electron chi connectivity index (χ2n) is 8.90. The Hall–Kier alpha value is -3.33. The molecule has 0 unspecified atom stereocenters. The molecule has 3 aromatic rings. The molecule has 0 radical (unpaired) electrons. The van der Waals surface area contributed by atoms with Gasteiger partial charge in [0.25, 0.3) is 5.56 Å². The minimum absolute atomic E-state index is 0.118. The predicted molar refractivity (Wildman–Crippen MR) is 121 cm³/mol. The zero-order chi connectivity index (χ0) is 23.3. The summed E-state index contributed by atoms with van der Waals surface area (Å²) in [5.41, 5.74) is 0.689. The molecule has 2 N–H and O–H groups in total. The number of pyridine rings is 1. The van der Waals surface area contributed by atoms with Crippen LogP contribution in [0.1, 0.15) is 19.3 Å². The summed E-state index contributed by atoms with van der Waals surface area (Å²) in [4.78, 5) is 13.7. The van der Waals surface area contributed by atoms with Crippen molar-refractivity contribution in [2.75, 3.05) is 11.9 Å². The first-order chi connectivity index (χ1) is 15.8. The van der Waals surface area contributed by atoms with Gasteiger partial charge < -0.3 is 19.9 Å². The maximum atomic E-state index is 14.9. The molecule has 7 nitrogen and oxygen atoms in total. The quantitative estimate of drug-likeness (QED) is 0.632. The van der Waals surface area contributed by atoms with Gasteiger partial charge in [0.1, 0.15) is 17.7 Å². The van der Waals surface area contributed by atoms with Gasteiger partial charge in [-0.1, -0.05) is 0 Å². The number of anilines is 1. The van der Waals surface area contributed by atoms with Crippen LogP contribution in [0.5, 0.6) is 5.75 Å². The third kappa shape index (κ3) is 3.86. The van der Waals surface area contributed by atoms with Crippen molar-refractivity contribution >= 4 is 5.82 Å². The Morgan fingerprint density at radius 3 is 2.70 bits per heavy atom. The molecule has 2 bridgehead atoms. The van der Waals surface area contributed by atoms with Crippen molar-refractivity contribution in [3.05, 3.63) is 58.8 Å². The standard InChI is InChI=1S/C24H25F2N5O2/c1-30-8-7-13(9-23(30)33)15-12-21(32)16(11-17(15)25)18-5-6-22(29-28-18)31(2)20-10-14-3-4-19(27-14)24(20)26/h5-9,11-12,14,19-20,24,27,32H,3-4,10H2,1-2H3/t14-,19+,20-,24+/m0/s1. The number of rotatable bonds is 4. The van der Waals surface area contributed by atoms with Crippen LogP contribution in [0.3, 0.4) is 0 Å². The fraction of sp³-hybridized carbons (Fsp3) is 0.375. The molecule has 4 atom stereocenters. The monoisotopic (exact) mass is 453 g/mol. The Balaban J connectivity index is 1.40. The van der Waals surface area contributed by atoms with Crippen molar-refractivity contribution in [1.82, 2.24) is 20.1 Å². The number of hydrogen-bond acceptors (Lipinski definition) is 6. The number of aromatic hydroxyl groups is 1. The van der Waals surface area contributed by atoms with E-state index in [2.05, 4.69) is 15.5 Å². The summed E-state index contributed by atoms with van der Waals surface area (Å²) >= 11 is 0. The number of piperidine rings is 1. The summed E-state index contributed by atoms with van der Waals surface area (Å²) in [6.07, 6.45) is 3.08. The highest BCUT2D eigenvalue weighted by atomic mass is 19.1. The molecule has 0 aliphatic carbocycles. The molecule has 9 heteroatoms. The Labute approximate surface area is 189 Å². The SMILES string of the molecule is CN(c1ccc(-c2cc(F)c(-c3ccn(C)c(=O)c3)cc2O)nn1)[C@H]1C[C@@H]2CC[C@@H](N2)[C@H]1F. The zero-order valence-corrected chi connectivity index (χ0v) is 18.4. The molecular weight excluding hydrogens is 428 g/mol. The van der Waals surface area contributed by atoms with Crippen LogP contribution in [0.25, 0.3) is 22.4 Å². The number of phenolic OH excluding ortho intramolecular Hbond substituents is 1. The van der Waals surface area contributed by atoms with Crippen LogP contribution >= 0.6 is 0 Å². The highest BCUT2D eigenvalue weighted by Gasteiger charge is 2.43. The van der Waals surface area contributed by atoms with E-state index in [9.17, 15) is 18.7 Å². The number of halogens is 2. The number of aryl methyl sites for hydroxylation is 1. The van der Waals surface area contributed by atoms with E-state index < -0.39 is 12.0 Å². The summed E-state index contributed by atoms with van der Waals surface area (Å²) in [7, 11) is 3.41. The van der Waals surface area contributed by atoms with Crippen LogP contribution in [-0.2, 0) is 7.05 Å². The second-order valence-corrected chi connectivity index (χ2v) is 8.90. The van der Waals surface area contributed by atoms with Crippen LogP contribution in [0.2, 0.25) is 0 Å². The van der Waals surface area contributed by atoms with E-state index in [1.54, 1.807) is 31.4 Å². The molecule has 2 aromatic heterocycles. The molecule has 2 aliphatic rings. The Morgan fingerprint density at radius 2 is 1.97 bits per heavy atom. The highest BCUT2D eigenvalue weighted by molar-refractivity contribution is 5.74. The molecule has 4 heterocycles. The van der Waals surface area contributed by atoms with Crippen molar-refractivity contribution in [1.29, 1.82) is 0 Å². The van der Waals surface area contributed by atoms with Crippen molar-refractivity contribution in [3.63, 3.8) is 0 Å². The lowest BCUT2D eigenvalue weighted by Crippen LogP contribution is -2.55. The fourth-order valence-corrected chi connectivity index (χ4v) is 4.88. The van der Waals surface area contributed by atoms with Gasteiger partial charge in [0.05, 0.1) is 11.7 Å². The van der Waals surface area contributed by atoms with Crippen LogP contribution in [0.4, 0.5) is 14.6 Å². The first-order valence-corrected chi connectivity index (χ1v) is 11.0. The zero-order valence-electron chi connectivity index (χ0n) is 18.4. The molecule has 2 saturated heterocycles. The lowest BCUT2D eigenvalue weighted by Gasteiger charge is -2.38. The van der Waals surface area contributed by atoms with Gasteiger partial charge in [-0.15, -0.1) is 10.2 Å². The number of phenols is 1. The third-order valence-electron chi connectivity index (χ3n) is 6.84. The van der Waals surface area contributed by atoms with Crippen LogP contribution in [0.15, 0.2) is 47.4 Å². The largest absolute Gasteiger partial charge is 0.507 e. The third-order valence-corrected chi connectivity index (χ3v) is 6.84. The number of alkyl halides is 1.